The van der Waals surface area contributed by atoms with Gasteiger partial charge in [0.2, 0.25) is 0 Å². The molecule has 0 heterocycles. The van der Waals surface area contributed by atoms with Crippen LogP contribution in [0.1, 0.15) is 10.4 Å². The van der Waals surface area contributed by atoms with Crippen LogP contribution in [-0.4, -0.2) is 29.9 Å². The molecule has 0 aliphatic carbocycles. The van der Waals surface area contributed by atoms with Gasteiger partial charge in [-0.25, -0.2) is 4.79 Å². The number of carboxylic acid groups (broad SMARTS) is 1. The van der Waals surface area contributed by atoms with Gasteiger partial charge in [0.05, 0.1) is 5.56 Å². The van der Waals surface area contributed by atoms with Crippen molar-refractivity contribution >= 4 is 24.8 Å². The first-order valence-electron chi connectivity index (χ1n) is 2.59. The first-order chi connectivity index (χ1) is 4.30. The van der Waals surface area contributed by atoms with Crippen LogP contribution in [0.15, 0.2) is 30.3 Å². The van der Waals surface area contributed by atoms with Crippen molar-refractivity contribution < 1.29 is 9.90 Å². The van der Waals surface area contributed by atoms with E-state index in [0.29, 0.717) is 5.56 Å². The van der Waals surface area contributed by atoms with Crippen molar-refractivity contribution in [2.75, 3.05) is 0 Å². The van der Waals surface area contributed by atoms with Crippen molar-refractivity contribution in [1.82, 2.24) is 0 Å². The van der Waals surface area contributed by atoms with Gasteiger partial charge >= 0.3 is 24.8 Å². The van der Waals surface area contributed by atoms with E-state index in [9.17, 15) is 4.79 Å². The summed E-state index contributed by atoms with van der Waals surface area (Å²) in [6, 6.07) is 8.30. The fourth-order valence-corrected chi connectivity index (χ4v) is 0.581. The zero-order valence-corrected chi connectivity index (χ0v) is 4.74. The average Bonchev–Trinajstić information content (AvgIpc) is 1.90. The summed E-state index contributed by atoms with van der Waals surface area (Å²) in [5, 5.41) is 8.38. The summed E-state index contributed by atoms with van der Waals surface area (Å²) in [6.07, 6.45) is 0. The van der Waals surface area contributed by atoms with E-state index < -0.39 is 5.97 Å². The first-order valence-corrected chi connectivity index (χ1v) is 2.59. The molecule has 0 unspecified atom stereocenters. The number of benzene rings is 1. The fourth-order valence-electron chi connectivity index (χ4n) is 0.581. The Morgan fingerprint density at radius 1 is 1.20 bits per heavy atom. The SMILES string of the molecule is O=C(O)c1ccccc1.[LiH]. The van der Waals surface area contributed by atoms with Crippen LogP contribution in [0.3, 0.4) is 0 Å². The standard InChI is InChI=1S/C7H6O2.Li.H/c8-7(9)6-4-2-1-3-5-6;;/h1-5H,(H,8,9);;. The predicted octanol–water partition coefficient (Wildman–Crippen LogP) is 0.736. The molecule has 0 aliphatic rings. The third-order valence-corrected chi connectivity index (χ3v) is 1.02. The minimum atomic E-state index is -0.879. The molecule has 0 amide bonds. The molecular formula is C7H7LiO2. The van der Waals surface area contributed by atoms with Crippen LogP contribution < -0.4 is 0 Å². The second kappa shape index (κ2) is 4.16. The summed E-state index contributed by atoms with van der Waals surface area (Å²) in [6.45, 7) is 0. The molecule has 0 spiro atoms. The van der Waals surface area contributed by atoms with Crippen LogP contribution >= 0.6 is 0 Å². The Hall–Kier alpha value is -0.713. The van der Waals surface area contributed by atoms with Crippen molar-refractivity contribution in [2.45, 2.75) is 0 Å². The molecule has 3 heteroatoms. The maximum absolute atomic E-state index is 10.2. The molecule has 0 aliphatic heterocycles. The second-order valence-electron chi connectivity index (χ2n) is 1.67. The van der Waals surface area contributed by atoms with Crippen LogP contribution in [0, 0.1) is 0 Å². The Morgan fingerprint density at radius 3 is 2.00 bits per heavy atom. The van der Waals surface area contributed by atoms with Gasteiger partial charge in [0.25, 0.3) is 0 Å². The Morgan fingerprint density at radius 2 is 1.70 bits per heavy atom. The topological polar surface area (TPSA) is 37.3 Å². The Labute approximate surface area is 71.0 Å². The van der Waals surface area contributed by atoms with Crippen molar-refractivity contribution in [3.63, 3.8) is 0 Å². The predicted molar refractivity (Wildman–Crippen MR) is 40.6 cm³/mol. The summed E-state index contributed by atoms with van der Waals surface area (Å²) in [5.41, 5.74) is 0.331. The average molecular weight is 130 g/mol. The van der Waals surface area contributed by atoms with Gasteiger partial charge in [-0.15, -0.1) is 0 Å². The summed E-state index contributed by atoms with van der Waals surface area (Å²) >= 11 is 0. The van der Waals surface area contributed by atoms with Gasteiger partial charge in [-0.1, -0.05) is 18.2 Å². The monoisotopic (exact) mass is 130 g/mol. The first kappa shape index (κ1) is 9.29. The van der Waals surface area contributed by atoms with E-state index in [1.807, 2.05) is 0 Å². The van der Waals surface area contributed by atoms with Crippen molar-refractivity contribution in [2.24, 2.45) is 0 Å². The van der Waals surface area contributed by atoms with Crippen molar-refractivity contribution in [3.05, 3.63) is 35.9 Å². The van der Waals surface area contributed by atoms with E-state index in [1.54, 1.807) is 30.3 Å². The number of carbonyl (C=O) groups is 1. The molecule has 1 aromatic carbocycles. The maximum atomic E-state index is 10.2. The van der Waals surface area contributed by atoms with Gasteiger partial charge in [-0.2, -0.15) is 0 Å². The summed E-state index contributed by atoms with van der Waals surface area (Å²) in [4.78, 5) is 10.2. The van der Waals surface area contributed by atoms with Gasteiger partial charge < -0.3 is 5.11 Å². The van der Waals surface area contributed by atoms with Gasteiger partial charge in [0.15, 0.2) is 0 Å². The zero-order chi connectivity index (χ0) is 6.69. The molecule has 48 valence electrons. The molecule has 0 aromatic heterocycles. The van der Waals surface area contributed by atoms with Gasteiger partial charge in [0, 0.05) is 0 Å². The summed E-state index contributed by atoms with van der Waals surface area (Å²) in [7, 11) is 0. The third kappa shape index (κ3) is 2.26. The van der Waals surface area contributed by atoms with E-state index in [1.165, 1.54) is 0 Å². The Balaban J connectivity index is 0.000000810. The van der Waals surface area contributed by atoms with E-state index in [2.05, 4.69) is 0 Å². The van der Waals surface area contributed by atoms with Gasteiger partial charge in [-0.05, 0) is 12.1 Å². The molecule has 0 fully saturated rings. The number of hydrogen-bond donors (Lipinski definition) is 1. The van der Waals surface area contributed by atoms with Gasteiger partial charge in [-0.3, -0.25) is 0 Å². The summed E-state index contributed by atoms with van der Waals surface area (Å²) < 4.78 is 0. The fraction of sp³-hybridized carbons (Fsp3) is 0. The van der Waals surface area contributed by atoms with E-state index in [0.717, 1.165) is 0 Å². The Kier molecular flexibility index (Phi) is 3.86. The zero-order valence-electron chi connectivity index (χ0n) is 4.74. The van der Waals surface area contributed by atoms with Gasteiger partial charge in [0.1, 0.15) is 0 Å². The molecular weight excluding hydrogens is 123 g/mol. The number of aromatic carboxylic acids is 1. The molecule has 0 saturated carbocycles. The molecule has 10 heavy (non-hydrogen) atoms. The summed E-state index contributed by atoms with van der Waals surface area (Å²) in [5.74, 6) is -0.879. The molecule has 1 N–H and O–H groups in total. The Bertz CT molecular complexity index is 208. The molecule has 0 saturated heterocycles. The molecule has 0 radical (unpaired) electrons. The molecule has 0 bridgehead atoms. The normalized spacial score (nSPS) is 8.00. The number of carboxylic acids is 1. The number of hydrogen-bond acceptors (Lipinski definition) is 1. The van der Waals surface area contributed by atoms with Crippen LogP contribution in [0.25, 0.3) is 0 Å². The quantitative estimate of drug-likeness (QED) is 0.569. The van der Waals surface area contributed by atoms with Crippen molar-refractivity contribution in [1.29, 1.82) is 0 Å². The molecule has 1 rings (SSSR count). The van der Waals surface area contributed by atoms with E-state index >= 15 is 0 Å². The van der Waals surface area contributed by atoms with Crippen LogP contribution in [0.2, 0.25) is 0 Å². The van der Waals surface area contributed by atoms with Crippen molar-refractivity contribution in [3.8, 4) is 0 Å². The van der Waals surface area contributed by atoms with E-state index in [4.69, 9.17) is 5.11 Å². The van der Waals surface area contributed by atoms with Crippen LogP contribution in [-0.2, 0) is 0 Å². The molecule has 2 nitrogen and oxygen atoms in total. The van der Waals surface area contributed by atoms with E-state index in [-0.39, 0.29) is 18.9 Å². The van der Waals surface area contributed by atoms with Crippen LogP contribution in [0.5, 0.6) is 0 Å². The third-order valence-electron chi connectivity index (χ3n) is 1.02. The van der Waals surface area contributed by atoms with Crippen LogP contribution in [0.4, 0.5) is 0 Å². The number of rotatable bonds is 1. The minimum absolute atomic E-state index is 0. The second-order valence-corrected chi connectivity index (χ2v) is 1.67. The molecule has 0 atom stereocenters. The molecule has 1 aromatic rings.